The van der Waals surface area contributed by atoms with Crippen LogP contribution in [-0.2, 0) is 0 Å². The Kier molecular flexibility index (Phi) is 3.12. The van der Waals surface area contributed by atoms with Gasteiger partial charge in [0, 0.05) is 5.92 Å². The number of hydrogen-bond donors (Lipinski definition) is 1. The third-order valence-corrected chi connectivity index (χ3v) is 3.01. The number of nitrogens with zero attached hydrogens (tertiary/aromatic N) is 2. The van der Waals surface area contributed by atoms with Crippen molar-refractivity contribution < 1.29 is 14.3 Å². The first kappa shape index (κ1) is 11.0. The molecular formula is C11H13FN2O2. The molecule has 2 rings (SSSR count). The van der Waals surface area contributed by atoms with E-state index in [0.717, 1.165) is 38.4 Å². The lowest BCUT2D eigenvalue weighted by Crippen LogP contribution is -2.14. The van der Waals surface area contributed by atoms with Gasteiger partial charge in [0.25, 0.3) is 0 Å². The van der Waals surface area contributed by atoms with Crippen molar-refractivity contribution in [2.75, 3.05) is 0 Å². The van der Waals surface area contributed by atoms with Gasteiger partial charge in [-0.3, -0.25) is 0 Å². The van der Waals surface area contributed by atoms with Crippen LogP contribution in [0.5, 0.6) is 0 Å². The standard InChI is InChI=1S/C11H13FN2O2/c12-8-9(7-4-2-1-3-5-7)13-6-14-10(8)11(15)16/h6-7H,1-5H2,(H,15,16). The maximum absolute atomic E-state index is 13.8. The zero-order valence-corrected chi connectivity index (χ0v) is 8.82. The van der Waals surface area contributed by atoms with Gasteiger partial charge in [-0.1, -0.05) is 19.3 Å². The first-order valence-electron chi connectivity index (χ1n) is 5.44. The molecule has 0 unspecified atom stereocenters. The predicted molar refractivity (Wildman–Crippen MR) is 54.8 cm³/mol. The smallest absolute Gasteiger partial charge is 0.357 e. The Morgan fingerprint density at radius 1 is 1.31 bits per heavy atom. The van der Waals surface area contributed by atoms with Gasteiger partial charge >= 0.3 is 5.97 Å². The SMILES string of the molecule is O=C(O)c1ncnc(C2CCCCC2)c1F. The second kappa shape index (κ2) is 4.55. The van der Waals surface area contributed by atoms with Crippen LogP contribution < -0.4 is 0 Å². The van der Waals surface area contributed by atoms with Gasteiger partial charge in [-0.2, -0.15) is 0 Å². The molecule has 1 aromatic heterocycles. The fourth-order valence-electron chi connectivity index (χ4n) is 2.19. The fourth-order valence-corrected chi connectivity index (χ4v) is 2.19. The first-order chi connectivity index (χ1) is 7.70. The Morgan fingerprint density at radius 3 is 2.62 bits per heavy atom. The van der Waals surface area contributed by atoms with Crippen molar-refractivity contribution >= 4 is 5.97 Å². The van der Waals surface area contributed by atoms with Gasteiger partial charge in [-0.25, -0.2) is 19.2 Å². The molecule has 16 heavy (non-hydrogen) atoms. The Morgan fingerprint density at radius 2 is 2.00 bits per heavy atom. The van der Waals surface area contributed by atoms with Crippen LogP contribution in [0.3, 0.4) is 0 Å². The van der Waals surface area contributed by atoms with E-state index < -0.39 is 17.5 Å². The van der Waals surface area contributed by atoms with Gasteiger partial charge in [0.1, 0.15) is 6.33 Å². The molecule has 1 aliphatic carbocycles. The molecule has 1 N–H and O–H groups in total. The summed E-state index contributed by atoms with van der Waals surface area (Å²) in [6.45, 7) is 0. The van der Waals surface area contributed by atoms with Crippen molar-refractivity contribution in [2.24, 2.45) is 0 Å². The van der Waals surface area contributed by atoms with Crippen molar-refractivity contribution in [1.29, 1.82) is 0 Å². The number of hydrogen-bond acceptors (Lipinski definition) is 3. The molecule has 4 nitrogen and oxygen atoms in total. The van der Waals surface area contributed by atoms with Gasteiger partial charge < -0.3 is 5.11 Å². The average molecular weight is 224 g/mol. The Hall–Kier alpha value is -1.52. The van der Waals surface area contributed by atoms with Crippen LogP contribution >= 0.6 is 0 Å². The third-order valence-electron chi connectivity index (χ3n) is 3.01. The first-order valence-corrected chi connectivity index (χ1v) is 5.44. The van der Waals surface area contributed by atoms with Crippen LogP contribution in [0, 0.1) is 5.82 Å². The lowest BCUT2D eigenvalue weighted by atomic mass is 9.86. The molecule has 1 fully saturated rings. The van der Waals surface area contributed by atoms with Gasteiger partial charge in [0.05, 0.1) is 5.69 Å². The summed E-state index contributed by atoms with van der Waals surface area (Å²) in [6, 6.07) is 0. The van der Waals surface area contributed by atoms with Crippen molar-refractivity contribution in [3.05, 3.63) is 23.5 Å². The molecule has 0 bridgehead atoms. The monoisotopic (exact) mass is 224 g/mol. The predicted octanol–water partition coefficient (Wildman–Crippen LogP) is 2.36. The largest absolute Gasteiger partial charge is 0.476 e. The maximum atomic E-state index is 13.8. The number of rotatable bonds is 2. The highest BCUT2D eigenvalue weighted by Gasteiger charge is 2.24. The highest BCUT2D eigenvalue weighted by atomic mass is 19.1. The summed E-state index contributed by atoms with van der Waals surface area (Å²) < 4.78 is 13.8. The quantitative estimate of drug-likeness (QED) is 0.837. The van der Waals surface area contributed by atoms with Crippen molar-refractivity contribution in [2.45, 2.75) is 38.0 Å². The lowest BCUT2D eigenvalue weighted by Gasteiger charge is -2.21. The third kappa shape index (κ3) is 2.03. The molecule has 0 aromatic carbocycles. The summed E-state index contributed by atoms with van der Waals surface area (Å²) in [4.78, 5) is 18.1. The number of halogens is 1. The zero-order valence-electron chi connectivity index (χ0n) is 8.82. The minimum absolute atomic E-state index is 0.0508. The molecule has 1 saturated carbocycles. The molecule has 0 radical (unpaired) electrons. The van der Waals surface area contributed by atoms with E-state index in [-0.39, 0.29) is 11.6 Å². The summed E-state index contributed by atoms with van der Waals surface area (Å²) in [7, 11) is 0. The Labute approximate surface area is 92.5 Å². The summed E-state index contributed by atoms with van der Waals surface area (Å²) >= 11 is 0. The normalized spacial score (nSPS) is 17.3. The molecule has 0 amide bonds. The summed E-state index contributed by atoms with van der Waals surface area (Å²) in [5, 5.41) is 8.76. The Balaban J connectivity index is 2.33. The Bertz CT molecular complexity index is 403. The van der Waals surface area contributed by atoms with E-state index >= 15 is 0 Å². The molecule has 1 heterocycles. The van der Waals surface area contributed by atoms with E-state index in [0.29, 0.717) is 0 Å². The van der Waals surface area contributed by atoms with Crippen LogP contribution in [0.1, 0.15) is 54.2 Å². The number of carboxylic acids is 1. The summed E-state index contributed by atoms with van der Waals surface area (Å²) in [5.74, 6) is -2.05. The van der Waals surface area contributed by atoms with E-state index in [2.05, 4.69) is 9.97 Å². The number of aromatic nitrogens is 2. The van der Waals surface area contributed by atoms with E-state index in [1.807, 2.05) is 0 Å². The topological polar surface area (TPSA) is 63.1 Å². The minimum atomic E-state index is -1.34. The van der Waals surface area contributed by atoms with Gasteiger partial charge in [0.2, 0.25) is 0 Å². The van der Waals surface area contributed by atoms with Crippen LogP contribution in [0.2, 0.25) is 0 Å². The highest BCUT2D eigenvalue weighted by Crippen LogP contribution is 2.32. The van der Waals surface area contributed by atoms with Crippen molar-refractivity contribution in [3.63, 3.8) is 0 Å². The summed E-state index contributed by atoms with van der Waals surface area (Å²) in [6.07, 6.45) is 6.17. The minimum Gasteiger partial charge on any atom is -0.476 e. The van der Waals surface area contributed by atoms with E-state index in [9.17, 15) is 9.18 Å². The molecule has 0 aliphatic heterocycles. The van der Waals surface area contributed by atoms with Crippen LogP contribution in [0.25, 0.3) is 0 Å². The molecule has 86 valence electrons. The van der Waals surface area contributed by atoms with Crippen molar-refractivity contribution in [1.82, 2.24) is 9.97 Å². The van der Waals surface area contributed by atoms with Gasteiger partial charge in [-0.15, -0.1) is 0 Å². The second-order valence-corrected chi connectivity index (χ2v) is 4.06. The van der Waals surface area contributed by atoms with E-state index in [1.54, 1.807) is 0 Å². The maximum Gasteiger partial charge on any atom is 0.357 e. The van der Waals surface area contributed by atoms with E-state index in [1.165, 1.54) is 0 Å². The van der Waals surface area contributed by atoms with Crippen molar-refractivity contribution in [3.8, 4) is 0 Å². The molecule has 0 saturated heterocycles. The number of carbonyl (C=O) groups is 1. The van der Waals surface area contributed by atoms with Crippen LogP contribution in [0.15, 0.2) is 6.33 Å². The van der Waals surface area contributed by atoms with Crippen LogP contribution in [0.4, 0.5) is 4.39 Å². The van der Waals surface area contributed by atoms with E-state index in [4.69, 9.17) is 5.11 Å². The molecule has 5 heteroatoms. The fraction of sp³-hybridized carbons (Fsp3) is 0.545. The molecule has 0 spiro atoms. The molecule has 1 aromatic rings. The molecule has 0 atom stereocenters. The van der Waals surface area contributed by atoms with Gasteiger partial charge in [-0.05, 0) is 12.8 Å². The summed E-state index contributed by atoms with van der Waals surface area (Å²) in [5.41, 5.74) is -0.248. The average Bonchev–Trinajstić information content (AvgIpc) is 2.30. The number of carboxylic acid groups (broad SMARTS) is 1. The van der Waals surface area contributed by atoms with Gasteiger partial charge in [0.15, 0.2) is 11.5 Å². The zero-order chi connectivity index (χ0) is 11.5. The molecule has 1 aliphatic rings. The molecular weight excluding hydrogens is 211 g/mol. The van der Waals surface area contributed by atoms with Crippen LogP contribution in [-0.4, -0.2) is 21.0 Å². The second-order valence-electron chi connectivity index (χ2n) is 4.06. The number of aromatic carboxylic acids is 1. The highest BCUT2D eigenvalue weighted by molar-refractivity contribution is 5.85. The lowest BCUT2D eigenvalue weighted by molar-refractivity contribution is 0.0684.